The van der Waals surface area contributed by atoms with Crippen LogP contribution in [-0.4, -0.2) is 28.3 Å². The van der Waals surface area contributed by atoms with Crippen molar-refractivity contribution in [3.63, 3.8) is 0 Å². The first kappa shape index (κ1) is 16.9. The number of rotatable bonds is 7. The van der Waals surface area contributed by atoms with Gasteiger partial charge in [0.25, 0.3) is 11.6 Å². The van der Waals surface area contributed by atoms with E-state index in [2.05, 4.69) is 6.92 Å². The van der Waals surface area contributed by atoms with Crippen LogP contribution < -0.4 is 5.73 Å². The third-order valence-electron chi connectivity index (χ3n) is 3.36. The zero-order valence-corrected chi connectivity index (χ0v) is 12.8. The fourth-order valence-electron chi connectivity index (χ4n) is 2.15. The Kier molecular flexibility index (Phi) is 6.14. The molecule has 1 rings (SSSR count). The minimum atomic E-state index is -0.551. The molecule has 21 heavy (non-hydrogen) atoms. The Bertz CT molecular complexity index is 515. The minimum absolute atomic E-state index is 0.0168. The van der Waals surface area contributed by atoms with Crippen molar-refractivity contribution in [2.45, 2.75) is 46.1 Å². The van der Waals surface area contributed by atoms with E-state index in [1.165, 1.54) is 18.2 Å². The molecule has 0 aliphatic carbocycles. The number of anilines is 1. The van der Waals surface area contributed by atoms with Gasteiger partial charge in [0.05, 0.1) is 4.92 Å². The molecule has 0 bridgehead atoms. The molecule has 0 radical (unpaired) electrons. The van der Waals surface area contributed by atoms with Gasteiger partial charge >= 0.3 is 0 Å². The maximum Gasteiger partial charge on any atom is 0.292 e. The van der Waals surface area contributed by atoms with E-state index in [0.29, 0.717) is 12.1 Å². The van der Waals surface area contributed by atoms with Crippen LogP contribution >= 0.6 is 0 Å². The van der Waals surface area contributed by atoms with Crippen LogP contribution in [0.15, 0.2) is 18.2 Å². The SMILES string of the molecule is CCCCCN(C(=O)c1ccc([N+](=O)[O-])c(N)c1)C(C)C. The van der Waals surface area contributed by atoms with E-state index in [0.717, 1.165) is 19.3 Å². The van der Waals surface area contributed by atoms with Crippen molar-refractivity contribution >= 4 is 17.3 Å². The second-order valence-electron chi connectivity index (χ2n) is 5.33. The zero-order valence-electron chi connectivity index (χ0n) is 12.8. The number of carbonyl (C=O) groups excluding carboxylic acids is 1. The van der Waals surface area contributed by atoms with E-state index in [9.17, 15) is 14.9 Å². The third-order valence-corrected chi connectivity index (χ3v) is 3.36. The van der Waals surface area contributed by atoms with Crippen LogP contribution in [-0.2, 0) is 0 Å². The second-order valence-corrected chi connectivity index (χ2v) is 5.33. The lowest BCUT2D eigenvalue weighted by Gasteiger charge is -2.27. The van der Waals surface area contributed by atoms with Crippen molar-refractivity contribution in [1.29, 1.82) is 0 Å². The molecule has 0 spiro atoms. The monoisotopic (exact) mass is 293 g/mol. The van der Waals surface area contributed by atoms with Crippen molar-refractivity contribution in [1.82, 2.24) is 4.90 Å². The van der Waals surface area contributed by atoms with Crippen molar-refractivity contribution in [3.05, 3.63) is 33.9 Å². The lowest BCUT2D eigenvalue weighted by Crippen LogP contribution is -2.37. The van der Waals surface area contributed by atoms with E-state index < -0.39 is 4.92 Å². The molecule has 0 aliphatic heterocycles. The maximum atomic E-state index is 12.5. The Morgan fingerprint density at radius 3 is 2.52 bits per heavy atom. The number of hydrogen-bond donors (Lipinski definition) is 1. The zero-order chi connectivity index (χ0) is 16.0. The highest BCUT2D eigenvalue weighted by Gasteiger charge is 2.20. The average molecular weight is 293 g/mol. The molecule has 0 aliphatic rings. The maximum absolute atomic E-state index is 12.5. The number of nitrogen functional groups attached to an aromatic ring is 1. The standard InChI is InChI=1S/C15H23N3O3/c1-4-5-6-9-17(11(2)3)15(19)12-7-8-14(18(20)21)13(16)10-12/h7-8,10-11H,4-6,9,16H2,1-3H3. The van der Waals surface area contributed by atoms with Gasteiger partial charge in [0.2, 0.25) is 0 Å². The lowest BCUT2D eigenvalue weighted by molar-refractivity contribution is -0.383. The molecular formula is C15H23N3O3. The summed E-state index contributed by atoms with van der Waals surface area (Å²) in [5.74, 6) is -0.136. The molecule has 0 fully saturated rings. The summed E-state index contributed by atoms with van der Waals surface area (Å²) in [5.41, 5.74) is 5.88. The van der Waals surface area contributed by atoms with Gasteiger partial charge in [-0.2, -0.15) is 0 Å². The second kappa shape index (κ2) is 7.61. The molecule has 2 N–H and O–H groups in total. The topological polar surface area (TPSA) is 89.5 Å². The van der Waals surface area contributed by atoms with E-state index in [-0.39, 0.29) is 23.3 Å². The molecule has 0 unspecified atom stereocenters. The number of nitrogens with two attached hydrogens (primary N) is 1. The van der Waals surface area contributed by atoms with Gasteiger partial charge < -0.3 is 10.6 Å². The van der Waals surface area contributed by atoms with Crippen LogP contribution in [0.5, 0.6) is 0 Å². The highest BCUT2D eigenvalue weighted by molar-refractivity contribution is 5.96. The van der Waals surface area contributed by atoms with Crippen LogP contribution in [0.3, 0.4) is 0 Å². The van der Waals surface area contributed by atoms with Crippen molar-refractivity contribution in [2.24, 2.45) is 0 Å². The molecule has 0 atom stereocenters. The first-order chi connectivity index (χ1) is 9.88. The smallest absolute Gasteiger partial charge is 0.292 e. The molecule has 1 aromatic rings. The van der Waals surface area contributed by atoms with Crippen LogP contribution in [0, 0.1) is 10.1 Å². The Morgan fingerprint density at radius 2 is 2.05 bits per heavy atom. The van der Waals surface area contributed by atoms with E-state index in [1.807, 2.05) is 13.8 Å². The molecule has 6 nitrogen and oxygen atoms in total. The summed E-state index contributed by atoms with van der Waals surface area (Å²) >= 11 is 0. The Balaban J connectivity index is 2.93. The highest BCUT2D eigenvalue weighted by Crippen LogP contribution is 2.23. The molecular weight excluding hydrogens is 270 g/mol. The summed E-state index contributed by atoms with van der Waals surface area (Å²) < 4.78 is 0. The van der Waals surface area contributed by atoms with Gasteiger partial charge in [0, 0.05) is 24.2 Å². The van der Waals surface area contributed by atoms with E-state index in [1.54, 1.807) is 4.90 Å². The number of carbonyl (C=O) groups is 1. The summed E-state index contributed by atoms with van der Waals surface area (Å²) in [4.78, 5) is 24.5. The van der Waals surface area contributed by atoms with Gasteiger partial charge in [-0.25, -0.2) is 0 Å². The fourth-order valence-corrected chi connectivity index (χ4v) is 2.15. The van der Waals surface area contributed by atoms with Crippen LogP contribution in [0.2, 0.25) is 0 Å². The van der Waals surface area contributed by atoms with Gasteiger partial charge in [-0.1, -0.05) is 19.8 Å². The predicted octanol–water partition coefficient (Wildman–Crippen LogP) is 3.22. The van der Waals surface area contributed by atoms with Gasteiger partial charge in [-0.3, -0.25) is 14.9 Å². The van der Waals surface area contributed by atoms with Crippen LogP contribution in [0.25, 0.3) is 0 Å². The lowest BCUT2D eigenvalue weighted by atomic mass is 10.1. The summed E-state index contributed by atoms with van der Waals surface area (Å²) in [6, 6.07) is 4.21. The Morgan fingerprint density at radius 1 is 1.38 bits per heavy atom. The third kappa shape index (κ3) is 4.44. The normalized spacial score (nSPS) is 10.7. The highest BCUT2D eigenvalue weighted by atomic mass is 16.6. The number of nitro groups is 1. The summed E-state index contributed by atoms with van der Waals surface area (Å²) in [7, 11) is 0. The number of benzene rings is 1. The molecule has 6 heteroatoms. The Labute approximate surface area is 125 Å². The summed E-state index contributed by atoms with van der Waals surface area (Å²) in [6.07, 6.45) is 3.10. The molecule has 1 amide bonds. The molecule has 0 heterocycles. The van der Waals surface area contributed by atoms with Gasteiger partial charge in [-0.05, 0) is 32.4 Å². The van der Waals surface area contributed by atoms with Crippen molar-refractivity contribution in [2.75, 3.05) is 12.3 Å². The Hall–Kier alpha value is -2.11. The van der Waals surface area contributed by atoms with Crippen LogP contribution in [0.4, 0.5) is 11.4 Å². The minimum Gasteiger partial charge on any atom is -0.393 e. The average Bonchev–Trinajstić information content (AvgIpc) is 2.42. The summed E-state index contributed by atoms with van der Waals surface area (Å²) in [5, 5.41) is 10.7. The van der Waals surface area contributed by atoms with Gasteiger partial charge in [-0.15, -0.1) is 0 Å². The number of nitro benzene ring substituents is 1. The van der Waals surface area contributed by atoms with E-state index in [4.69, 9.17) is 5.73 Å². The quantitative estimate of drug-likeness (QED) is 0.362. The number of amides is 1. The fraction of sp³-hybridized carbons (Fsp3) is 0.533. The van der Waals surface area contributed by atoms with Crippen molar-refractivity contribution in [3.8, 4) is 0 Å². The molecule has 1 aromatic carbocycles. The first-order valence-corrected chi connectivity index (χ1v) is 7.23. The largest absolute Gasteiger partial charge is 0.393 e. The summed E-state index contributed by atoms with van der Waals surface area (Å²) in [6.45, 7) is 6.71. The van der Waals surface area contributed by atoms with Gasteiger partial charge in [0.1, 0.15) is 5.69 Å². The number of hydrogen-bond acceptors (Lipinski definition) is 4. The number of nitrogens with zero attached hydrogens (tertiary/aromatic N) is 2. The molecule has 116 valence electrons. The van der Waals surface area contributed by atoms with Crippen molar-refractivity contribution < 1.29 is 9.72 Å². The number of unbranched alkanes of at least 4 members (excludes halogenated alkanes) is 2. The molecule has 0 saturated heterocycles. The van der Waals surface area contributed by atoms with Gasteiger partial charge in [0.15, 0.2) is 0 Å². The predicted molar refractivity (Wildman–Crippen MR) is 83.2 cm³/mol. The van der Waals surface area contributed by atoms with Crippen LogP contribution in [0.1, 0.15) is 50.4 Å². The molecule has 0 aromatic heterocycles. The molecule has 0 saturated carbocycles. The van der Waals surface area contributed by atoms with E-state index >= 15 is 0 Å². The first-order valence-electron chi connectivity index (χ1n) is 7.23.